The van der Waals surface area contributed by atoms with Crippen LogP contribution in [0.3, 0.4) is 0 Å². The Balaban J connectivity index is 1.87. The van der Waals surface area contributed by atoms with Crippen LogP contribution in [-0.2, 0) is 4.79 Å². The molecule has 0 aliphatic carbocycles. The van der Waals surface area contributed by atoms with Crippen LogP contribution < -0.4 is 5.32 Å². The third-order valence-electron chi connectivity index (χ3n) is 4.57. The molecule has 3 rings (SSSR count). The minimum Gasteiger partial charge on any atom is -0.335 e. The van der Waals surface area contributed by atoms with Gasteiger partial charge in [0, 0.05) is 26.2 Å². The molecule has 1 N–H and O–H groups in total. The molecule has 1 fully saturated rings. The van der Waals surface area contributed by atoms with Gasteiger partial charge in [0.05, 0.1) is 10.6 Å². The number of carbonyl (C=O) groups excluding carboxylic acids is 2. The molecule has 1 aliphatic rings. The Morgan fingerprint density at radius 2 is 1.68 bits per heavy atom. The van der Waals surface area contributed by atoms with Gasteiger partial charge in [-0.05, 0) is 43.0 Å². The Hall–Kier alpha value is -2.70. The molecule has 2 amide bonds. The zero-order chi connectivity index (χ0) is 20.1. The highest BCUT2D eigenvalue weighted by atomic mass is 35.5. The van der Waals surface area contributed by atoms with Gasteiger partial charge in [0.15, 0.2) is 0 Å². The average molecular weight is 402 g/mol. The second kappa shape index (κ2) is 8.99. The van der Waals surface area contributed by atoms with Crippen LogP contribution in [-0.4, -0.2) is 54.8 Å². The minimum atomic E-state index is -0.471. The van der Waals surface area contributed by atoms with Gasteiger partial charge in [0.2, 0.25) is 0 Å². The normalized spacial score (nSPS) is 15.4. The summed E-state index contributed by atoms with van der Waals surface area (Å²) in [6.07, 6.45) is 1.55. The van der Waals surface area contributed by atoms with Crippen LogP contribution in [0.5, 0.6) is 0 Å². The number of amides is 2. The van der Waals surface area contributed by atoms with Crippen molar-refractivity contribution in [3.8, 4) is 0 Å². The largest absolute Gasteiger partial charge is 0.335 e. The van der Waals surface area contributed by atoms with Crippen molar-refractivity contribution in [3.63, 3.8) is 0 Å². The molecule has 5 nitrogen and oxygen atoms in total. The standard InChI is InChI=1S/C21H21ClFN3O2/c1-25-10-12-26(13-11-25)21(28)19(14-15-6-8-16(23)9-7-15)24-20(27)17-4-2-3-5-18(17)22/h2-9,14H,10-13H2,1H3,(H,24,27)/b19-14-. The molecule has 7 heteroatoms. The zero-order valence-electron chi connectivity index (χ0n) is 15.5. The first kappa shape index (κ1) is 20.0. The first-order valence-corrected chi connectivity index (χ1v) is 9.33. The summed E-state index contributed by atoms with van der Waals surface area (Å²) in [5, 5.41) is 2.98. The van der Waals surface area contributed by atoms with E-state index >= 15 is 0 Å². The Kier molecular flexibility index (Phi) is 6.44. The lowest BCUT2D eigenvalue weighted by Gasteiger charge is -2.33. The van der Waals surface area contributed by atoms with Crippen LogP contribution >= 0.6 is 11.6 Å². The quantitative estimate of drug-likeness (QED) is 0.801. The van der Waals surface area contributed by atoms with Gasteiger partial charge < -0.3 is 15.1 Å². The fourth-order valence-corrected chi connectivity index (χ4v) is 3.11. The summed E-state index contributed by atoms with van der Waals surface area (Å²) in [5.41, 5.74) is 1.01. The summed E-state index contributed by atoms with van der Waals surface area (Å²) in [6, 6.07) is 12.3. The highest BCUT2D eigenvalue weighted by Gasteiger charge is 2.24. The van der Waals surface area contributed by atoms with E-state index in [1.807, 2.05) is 7.05 Å². The Morgan fingerprint density at radius 1 is 1.04 bits per heavy atom. The predicted octanol–water partition coefficient (Wildman–Crippen LogP) is 3.02. The van der Waals surface area contributed by atoms with E-state index < -0.39 is 5.91 Å². The van der Waals surface area contributed by atoms with Crippen molar-refractivity contribution in [2.75, 3.05) is 33.2 Å². The maximum atomic E-state index is 13.2. The van der Waals surface area contributed by atoms with E-state index in [2.05, 4.69) is 10.2 Å². The fourth-order valence-electron chi connectivity index (χ4n) is 2.89. The van der Waals surface area contributed by atoms with Crippen molar-refractivity contribution in [2.45, 2.75) is 0 Å². The SMILES string of the molecule is CN1CCN(C(=O)/C(=C/c2ccc(F)cc2)NC(=O)c2ccccc2Cl)CC1. The van der Waals surface area contributed by atoms with E-state index in [0.717, 1.165) is 13.1 Å². The molecule has 1 heterocycles. The maximum Gasteiger partial charge on any atom is 0.270 e. The summed E-state index contributed by atoms with van der Waals surface area (Å²) >= 11 is 6.10. The highest BCUT2D eigenvalue weighted by Crippen LogP contribution is 2.17. The van der Waals surface area contributed by atoms with Crippen molar-refractivity contribution in [3.05, 3.63) is 76.2 Å². The van der Waals surface area contributed by atoms with Crippen molar-refractivity contribution in [1.82, 2.24) is 15.1 Å². The lowest BCUT2D eigenvalue weighted by Crippen LogP contribution is -2.49. The van der Waals surface area contributed by atoms with E-state index in [4.69, 9.17) is 11.6 Å². The Bertz CT molecular complexity index is 891. The maximum absolute atomic E-state index is 13.2. The lowest BCUT2D eigenvalue weighted by molar-refractivity contribution is -0.128. The second-order valence-electron chi connectivity index (χ2n) is 6.64. The molecule has 0 atom stereocenters. The van der Waals surface area contributed by atoms with Crippen LogP contribution in [0.1, 0.15) is 15.9 Å². The van der Waals surface area contributed by atoms with Crippen LogP contribution in [0, 0.1) is 5.82 Å². The van der Waals surface area contributed by atoms with E-state index in [-0.39, 0.29) is 23.0 Å². The van der Waals surface area contributed by atoms with E-state index in [1.54, 1.807) is 47.4 Å². The lowest BCUT2D eigenvalue weighted by atomic mass is 10.1. The molecular formula is C21H21ClFN3O2. The molecule has 0 radical (unpaired) electrons. The zero-order valence-corrected chi connectivity index (χ0v) is 16.2. The molecule has 0 aromatic heterocycles. The van der Waals surface area contributed by atoms with Gasteiger partial charge in [0.1, 0.15) is 11.5 Å². The van der Waals surface area contributed by atoms with E-state index in [0.29, 0.717) is 23.7 Å². The average Bonchev–Trinajstić information content (AvgIpc) is 2.69. The number of rotatable bonds is 4. The van der Waals surface area contributed by atoms with Gasteiger partial charge in [0.25, 0.3) is 11.8 Å². The molecule has 2 aromatic rings. The first-order valence-electron chi connectivity index (χ1n) is 8.95. The minimum absolute atomic E-state index is 0.126. The van der Waals surface area contributed by atoms with Crippen LogP contribution in [0.2, 0.25) is 5.02 Å². The smallest absolute Gasteiger partial charge is 0.270 e. The van der Waals surface area contributed by atoms with Gasteiger partial charge >= 0.3 is 0 Å². The first-order chi connectivity index (χ1) is 13.4. The monoisotopic (exact) mass is 401 g/mol. The molecule has 28 heavy (non-hydrogen) atoms. The van der Waals surface area contributed by atoms with Crippen molar-refractivity contribution < 1.29 is 14.0 Å². The summed E-state index contributed by atoms with van der Waals surface area (Å²) in [4.78, 5) is 29.6. The number of nitrogens with zero attached hydrogens (tertiary/aromatic N) is 2. The molecule has 2 aromatic carbocycles. The number of halogens is 2. The molecule has 1 aliphatic heterocycles. The molecule has 0 bridgehead atoms. The fraction of sp³-hybridized carbons (Fsp3) is 0.238. The number of benzene rings is 2. The van der Waals surface area contributed by atoms with Crippen molar-refractivity contribution in [2.24, 2.45) is 0 Å². The molecule has 1 saturated heterocycles. The molecule has 0 unspecified atom stereocenters. The third kappa shape index (κ3) is 4.97. The predicted molar refractivity (Wildman–Crippen MR) is 107 cm³/mol. The summed E-state index contributed by atoms with van der Waals surface area (Å²) < 4.78 is 13.2. The topological polar surface area (TPSA) is 52.6 Å². The van der Waals surface area contributed by atoms with Gasteiger partial charge in [-0.2, -0.15) is 0 Å². The van der Waals surface area contributed by atoms with Crippen LogP contribution in [0.25, 0.3) is 6.08 Å². The van der Waals surface area contributed by atoms with Crippen LogP contribution in [0.15, 0.2) is 54.2 Å². The van der Waals surface area contributed by atoms with Gasteiger partial charge in [-0.15, -0.1) is 0 Å². The Morgan fingerprint density at radius 3 is 2.32 bits per heavy atom. The van der Waals surface area contributed by atoms with Gasteiger partial charge in [-0.25, -0.2) is 4.39 Å². The number of hydrogen-bond acceptors (Lipinski definition) is 3. The van der Waals surface area contributed by atoms with Crippen molar-refractivity contribution >= 4 is 29.5 Å². The number of hydrogen-bond donors (Lipinski definition) is 1. The van der Waals surface area contributed by atoms with Gasteiger partial charge in [-0.3, -0.25) is 9.59 Å². The molecule has 146 valence electrons. The third-order valence-corrected chi connectivity index (χ3v) is 4.90. The highest BCUT2D eigenvalue weighted by molar-refractivity contribution is 6.34. The molecular weight excluding hydrogens is 381 g/mol. The number of carbonyl (C=O) groups is 2. The van der Waals surface area contributed by atoms with E-state index in [9.17, 15) is 14.0 Å². The molecule has 0 spiro atoms. The van der Waals surface area contributed by atoms with Gasteiger partial charge in [-0.1, -0.05) is 35.9 Å². The summed E-state index contributed by atoms with van der Waals surface area (Å²) in [7, 11) is 2.00. The number of likely N-dealkylation sites (N-methyl/N-ethyl adjacent to an activating group) is 1. The number of piperazine rings is 1. The second-order valence-corrected chi connectivity index (χ2v) is 7.05. The number of nitrogens with one attached hydrogen (secondary N) is 1. The van der Waals surface area contributed by atoms with Crippen molar-refractivity contribution in [1.29, 1.82) is 0 Å². The Labute approximate surface area is 168 Å². The van der Waals surface area contributed by atoms with E-state index in [1.165, 1.54) is 12.1 Å². The summed E-state index contributed by atoms with van der Waals surface area (Å²) in [5.74, 6) is -1.12. The molecule has 0 saturated carbocycles. The van der Waals surface area contributed by atoms with Crippen LogP contribution in [0.4, 0.5) is 4.39 Å². The summed E-state index contributed by atoms with van der Waals surface area (Å²) in [6.45, 7) is 2.65.